The first-order valence-corrected chi connectivity index (χ1v) is 11.7. The molecular formula is C23H35N3O12. The molecule has 1 atom stereocenters. The van der Waals surface area contributed by atoms with Gasteiger partial charge in [0.1, 0.15) is 43.7 Å². The number of esters is 2. The van der Waals surface area contributed by atoms with Gasteiger partial charge in [-0.05, 0) is 41.5 Å². The summed E-state index contributed by atoms with van der Waals surface area (Å²) < 4.78 is 20.0. The van der Waals surface area contributed by atoms with E-state index in [1.165, 1.54) is 0 Å². The van der Waals surface area contributed by atoms with Crippen LogP contribution in [0.4, 0.5) is 0 Å². The van der Waals surface area contributed by atoms with Crippen molar-refractivity contribution in [2.24, 2.45) is 0 Å². The van der Waals surface area contributed by atoms with Crippen LogP contribution in [-0.4, -0.2) is 96.8 Å². The Hall–Kier alpha value is -3.59. The number of hydroxylamine groups is 2. The van der Waals surface area contributed by atoms with Gasteiger partial charge in [0, 0.05) is 19.4 Å². The Kier molecular flexibility index (Phi) is 12.3. The maximum absolute atomic E-state index is 12.6. The second-order valence-electron chi connectivity index (χ2n) is 10.1. The minimum absolute atomic E-state index is 0.145. The predicted octanol–water partition coefficient (Wildman–Crippen LogP) is -1.09. The van der Waals surface area contributed by atoms with Crippen LogP contribution in [0, 0.1) is 0 Å². The lowest BCUT2D eigenvalue weighted by molar-refractivity contribution is -0.199. The van der Waals surface area contributed by atoms with Crippen LogP contribution in [0.3, 0.4) is 0 Å². The molecule has 38 heavy (non-hydrogen) atoms. The van der Waals surface area contributed by atoms with E-state index in [4.69, 9.17) is 23.8 Å². The van der Waals surface area contributed by atoms with E-state index in [9.17, 15) is 33.6 Å². The van der Waals surface area contributed by atoms with Crippen molar-refractivity contribution in [2.75, 3.05) is 33.0 Å². The molecule has 1 rings (SSSR count). The van der Waals surface area contributed by atoms with Crippen molar-refractivity contribution in [1.82, 2.24) is 15.7 Å². The van der Waals surface area contributed by atoms with E-state index in [1.807, 2.05) is 0 Å². The molecule has 0 bridgehead atoms. The zero-order valence-corrected chi connectivity index (χ0v) is 22.4. The molecule has 4 amide bonds. The summed E-state index contributed by atoms with van der Waals surface area (Å²) in [6.07, 6.45) is -0.291. The van der Waals surface area contributed by atoms with Crippen LogP contribution in [0.5, 0.6) is 0 Å². The topological polar surface area (TPSA) is 193 Å². The third-order valence-electron chi connectivity index (χ3n) is 4.06. The lowest BCUT2D eigenvalue weighted by Crippen LogP contribution is -2.52. The zero-order valence-electron chi connectivity index (χ0n) is 22.4. The summed E-state index contributed by atoms with van der Waals surface area (Å²) in [7, 11) is 0. The van der Waals surface area contributed by atoms with Crippen LogP contribution in [-0.2, 0) is 57.3 Å². The third kappa shape index (κ3) is 13.6. The summed E-state index contributed by atoms with van der Waals surface area (Å²) in [5.74, 6) is -5.73. The molecule has 15 nitrogen and oxygen atoms in total. The standard InChI is InChI=1S/C23H35N3O12/c1-22(2,3)36-19(31)12-34-10-15(27)24-9-14(21(33)38-26-17(29)7-8-18(26)30)25-16(28)11-35-13-20(32)37-23(4,5)6/h14H,7-13H2,1-6H3,(H,24,27)(H,25,28)/t14-/m0/s1. The summed E-state index contributed by atoms with van der Waals surface area (Å²) >= 11 is 0. The molecule has 1 heterocycles. The Balaban J connectivity index is 2.65. The van der Waals surface area contributed by atoms with E-state index in [-0.39, 0.29) is 17.9 Å². The molecule has 1 aliphatic rings. The van der Waals surface area contributed by atoms with Gasteiger partial charge in [-0.1, -0.05) is 0 Å². The molecule has 0 spiro atoms. The Morgan fingerprint density at radius 1 is 0.763 bits per heavy atom. The van der Waals surface area contributed by atoms with Gasteiger partial charge in [-0.25, -0.2) is 14.4 Å². The van der Waals surface area contributed by atoms with Crippen LogP contribution >= 0.6 is 0 Å². The molecule has 1 aliphatic heterocycles. The number of rotatable bonds is 13. The number of hydrogen-bond acceptors (Lipinski definition) is 12. The van der Waals surface area contributed by atoms with Crippen molar-refractivity contribution in [2.45, 2.75) is 71.6 Å². The highest BCUT2D eigenvalue weighted by molar-refractivity contribution is 6.02. The largest absolute Gasteiger partial charge is 0.458 e. The van der Waals surface area contributed by atoms with E-state index in [0.717, 1.165) is 0 Å². The quantitative estimate of drug-likeness (QED) is 0.210. The van der Waals surface area contributed by atoms with E-state index >= 15 is 0 Å². The molecule has 0 saturated carbocycles. The van der Waals surface area contributed by atoms with Crippen molar-refractivity contribution >= 4 is 41.5 Å². The fourth-order valence-electron chi connectivity index (χ4n) is 2.70. The first-order valence-electron chi connectivity index (χ1n) is 11.7. The first-order chi connectivity index (χ1) is 17.5. The summed E-state index contributed by atoms with van der Waals surface area (Å²) in [5.41, 5.74) is -1.49. The second-order valence-corrected chi connectivity index (χ2v) is 10.1. The zero-order chi connectivity index (χ0) is 29.1. The normalized spacial score (nSPS) is 14.5. The fraction of sp³-hybridized carbons (Fsp3) is 0.696. The van der Waals surface area contributed by atoms with Gasteiger partial charge in [-0.15, -0.1) is 5.06 Å². The minimum Gasteiger partial charge on any atom is -0.458 e. The van der Waals surface area contributed by atoms with Crippen LogP contribution in [0.2, 0.25) is 0 Å². The number of hydrogen-bond donors (Lipinski definition) is 2. The SMILES string of the molecule is CC(C)(C)OC(=O)COCC(=O)NC[C@H](NC(=O)COCC(=O)OC(C)(C)C)C(=O)ON1C(=O)CCC1=O. The molecule has 214 valence electrons. The van der Waals surface area contributed by atoms with Crippen molar-refractivity contribution in [3.05, 3.63) is 0 Å². The Morgan fingerprint density at radius 3 is 1.66 bits per heavy atom. The molecular weight excluding hydrogens is 510 g/mol. The average molecular weight is 546 g/mol. The van der Waals surface area contributed by atoms with Gasteiger partial charge in [-0.2, -0.15) is 0 Å². The van der Waals surface area contributed by atoms with Crippen molar-refractivity contribution in [3.63, 3.8) is 0 Å². The molecule has 15 heteroatoms. The number of ether oxygens (including phenoxy) is 4. The van der Waals surface area contributed by atoms with E-state index in [2.05, 4.69) is 10.6 Å². The second kappa shape index (κ2) is 14.4. The molecule has 2 N–H and O–H groups in total. The number of nitrogens with one attached hydrogen (secondary N) is 2. The molecule has 0 unspecified atom stereocenters. The smallest absolute Gasteiger partial charge is 0.357 e. The summed E-state index contributed by atoms with van der Waals surface area (Å²) in [5, 5.41) is 4.82. The van der Waals surface area contributed by atoms with Gasteiger partial charge < -0.3 is 34.4 Å². The van der Waals surface area contributed by atoms with Crippen LogP contribution in [0.15, 0.2) is 0 Å². The average Bonchev–Trinajstić information content (AvgIpc) is 3.06. The van der Waals surface area contributed by atoms with Gasteiger partial charge >= 0.3 is 17.9 Å². The molecule has 0 radical (unpaired) electrons. The van der Waals surface area contributed by atoms with Gasteiger partial charge in [0.25, 0.3) is 11.8 Å². The molecule has 0 aromatic rings. The Labute approximate surface area is 219 Å². The molecule has 1 saturated heterocycles. The van der Waals surface area contributed by atoms with E-state index in [1.54, 1.807) is 41.5 Å². The summed E-state index contributed by atoms with van der Waals surface area (Å²) in [6, 6.07) is -1.55. The number of carbonyl (C=O) groups excluding carboxylic acids is 7. The summed E-state index contributed by atoms with van der Waals surface area (Å²) in [4.78, 5) is 88.6. The highest BCUT2D eigenvalue weighted by Crippen LogP contribution is 2.13. The fourth-order valence-corrected chi connectivity index (χ4v) is 2.70. The maximum atomic E-state index is 12.6. The van der Waals surface area contributed by atoms with E-state index in [0.29, 0.717) is 0 Å². The van der Waals surface area contributed by atoms with E-state index < -0.39 is 91.8 Å². The number of amides is 4. The first kappa shape index (κ1) is 32.4. The molecule has 1 fully saturated rings. The highest BCUT2D eigenvalue weighted by atomic mass is 16.7. The van der Waals surface area contributed by atoms with Crippen molar-refractivity contribution in [3.8, 4) is 0 Å². The number of nitrogens with zero attached hydrogens (tertiary/aromatic N) is 1. The summed E-state index contributed by atoms with van der Waals surface area (Å²) in [6.45, 7) is 7.16. The molecule has 0 aromatic heterocycles. The number of carbonyl (C=O) groups is 7. The lowest BCUT2D eigenvalue weighted by Gasteiger charge is -2.21. The third-order valence-corrected chi connectivity index (χ3v) is 4.06. The van der Waals surface area contributed by atoms with Gasteiger partial charge in [0.2, 0.25) is 11.8 Å². The molecule has 0 aromatic carbocycles. The maximum Gasteiger partial charge on any atom is 0.357 e. The Bertz CT molecular complexity index is 904. The van der Waals surface area contributed by atoms with Crippen LogP contribution < -0.4 is 10.6 Å². The Morgan fingerprint density at radius 2 is 1.21 bits per heavy atom. The highest BCUT2D eigenvalue weighted by Gasteiger charge is 2.35. The van der Waals surface area contributed by atoms with Crippen LogP contribution in [0.25, 0.3) is 0 Å². The number of imide groups is 1. The molecule has 0 aliphatic carbocycles. The van der Waals surface area contributed by atoms with Crippen LogP contribution in [0.1, 0.15) is 54.4 Å². The minimum atomic E-state index is -1.55. The van der Waals surface area contributed by atoms with Gasteiger partial charge in [0.05, 0.1) is 0 Å². The monoisotopic (exact) mass is 545 g/mol. The van der Waals surface area contributed by atoms with Crippen molar-refractivity contribution < 1.29 is 57.3 Å². The van der Waals surface area contributed by atoms with Crippen molar-refractivity contribution in [1.29, 1.82) is 0 Å². The lowest BCUT2D eigenvalue weighted by atomic mass is 10.2. The predicted molar refractivity (Wildman–Crippen MR) is 125 cm³/mol. The van der Waals surface area contributed by atoms with Gasteiger partial charge in [-0.3, -0.25) is 19.2 Å². The van der Waals surface area contributed by atoms with Gasteiger partial charge in [0.15, 0.2) is 0 Å².